The highest BCUT2D eigenvalue weighted by Crippen LogP contribution is 2.16. The summed E-state index contributed by atoms with van der Waals surface area (Å²) in [5.41, 5.74) is 1.42. The fourth-order valence-corrected chi connectivity index (χ4v) is 2.39. The van der Waals surface area contributed by atoms with Crippen LogP contribution in [-0.2, 0) is 4.74 Å². The van der Waals surface area contributed by atoms with Crippen molar-refractivity contribution in [1.82, 2.24) is 10.6 Å². The lowest BCUT2D eigenvalue weighted by Gasteiger charge is -2.18. The first-order chi connectivity index (χ1) is 11.7. The van der Waals surface area contributed by atoms with E-state index in [0.717, 1.165) is 26.0 Å². The number of halogens is 1. The SMILES string of the molecule is CN=C(NCCC1=CCOCC1)NCC(C)Oc1ccccc1F. The topological polar surface area (TPSA) is 54.9 Å². The van der Waals surface area contributed by atoms with Gasteiger partial charge in [-0.05, 0) is 31.9 Å². The Morgan fingerprint density at radius 3 is 2.92 bits per heavy atom. The van der Waals surface area contributed by atoms with Gasteiger partial charge in [-0.3, -0.25) is 4.99 Å². The highest BCUT2D eigenvalue weighted by molar-refractivity contribution is 5.79. The van der Waals surface area contributed by atoms with Gasteiger partial charge in [0.15, 0.2) is 17.5 Å². The largest absolute Gasteiger partial charge is 0.486 e. The summed E-state index contributed by atoms with van der Waals surface area (Å²) < 4.78 is 24.5. The quantitative estimate of drug-likeness (QED) is 0.457. The third-order valence-corrected chi connectivity index (χ3v) is 3.74. The molecule has 0 saturated carbocycles. The maximum atomic E-state index is 13.6. The van der Waals surface area contributed by atoms with Gasteiger partial charge in [0.2, 0.25) is 0 Å². The molecule has 132 valence electrons. The molecule has 0 bridgehead atoms. The highest BCUT2D eigenvalue weighted by atomic mass is 19.1. The zero-order chi connectivity index (χ0) is 17.2. The summed E-state index contributed by atoms with van der Waals surface area (Å²) in [7, 11) is 1.73. The predicted molar refractivity (Wildman–Crippen MR) is 94.0 cm³/mol. The molecule has 1 aromatic carbocycles. The van der Waals surface area contributed by atoms with Gasteiger partial charge in [0.25, 0.3) is 0 Å². The smallest absolute Gasteiger partial charge is 0.191 e. The lowest BCUT2D eigenvalue weighted by atomic mass is 10.1. The molecular weight excluding hydrogens is 309 g/mol. The summed E-state index contributed by atoms with van der Waals surface area (Å²) in [5, 5.41) is 6.47. The van der Waals surface area contributed by atoms with E-state index in [4.69, 9.17) is 9.47 Å². The monoisotopic (exact) mass is 335 g/mol. The minimum atomic E-state index is -0.350. The van der Waals surface area contributed by atoms with Crippen LogP contribution in [0.5, 0.6) is 5.75 Å². The Hall–Kier alpha value is -2.08. The Bertz CT molecular complexity index is 575. The Morgan fingerprint density at radius 1 is 1.38 bits per heavy atom. The molecule has 0 saturated heterocycles. The number of nitrogens with one attached hydrogen (secondary N) is 2. The van der Waals surface area contributed by atoms with E-state index in [9.17, 15) is 4.39 Å². The second-order valence-corrected chi connectivity index (χ2v) is 5.68. The van der Waals surface area contributed by atoms with E-state index < -0.39 is 0 Å². The molecule has 1 atom stereocenters. The Balaban J connectivity index is 1.69. The molecule has 0 radical (unpaired) electrons. The van der Waals surface area contributed by atoms with Gasteiger partial charge in [-0.25, -0.2) is 4.39 Å². The van der Waals surface area contributed by atoms with Crippen molar-refractivity contribution in [2.45, 2.75) is 25.9 Å². The van der Waals surface area contributed by atoms with Gasteiger partial charge in [0, 0.05) is 13.6 Å². The Labute approximate surface area is 143 Å². The van der Waals surface area contributed by atoms with Gasteiger partial charge in [-0.1, -0.05) is 23.8 Å². The van der Waals surface area contributed by atoms with Crippen molar-refractivity contribution in [2.75, 3.05) is 33.4 Å². The summed E-state index contributed by atoms with van der Waals surface area (Å²) in [6.07, 6.45) is 3.94. The van der Waals surface area contributed by atoms with E-state index in [1.54, 1.807) is 25.2 Å². The highest BCUT2D eigenvalue weighted by Gasteiger charge is 2.09. The first-order valence-corrected chi connectivity index (χ1v) is 8.30. The number of hydrogen-bond acceptors (Lipinski definition) is 3. The van der Waals surface area contributed by atoms with Crippen molar-refractivity contribution in [1.29, 1.82) is 0 Å². The molecule has 2 rings (SSSR count). The van der Waals surface area contributed by atoms with Crippen LogP contribution in [0, 0.1) is 5.82 Å². The van der Waals surface area contributed by atoms with Crippen LogP contribution in [0.2, 0.25) is 0 Å². The van der Waals surface area contributed by atoms with E-state index in [1.165, 1.54) is 11.6 Å². The van der Waals surface area contributed by atoms with Gasteiger partial charge >= 0.3 is 0 Å². The van der Waals surface area contributed by atoms with Crippen molar-refractivity contribution in [3.05, 3.63) is 41.7 Å². The third-order valence-electron chi connectivity index (χ3n) is 3.74. The van der Waals surface area contributed by atoms with E-state index in [0.29, 0.717) is 19.1 Å². The van der Waals surface area contributed by atoms with Crippen LogP contribution in [-0.4, -0.2) is 45.4 Å². The van der Waals surface area contributed by atoms with Crippen molar-refractivity contribution < 1.29 is 13.9 Å². The van der Waals surface area contributed by atoms with Crippen LogP contribution < -0.4 is 15.4 Å². The molecule has 1 heterocycles. The zero-order valence-corrected chi connectivity index (χ0v) is 14.3. The number of ether oxygens (including phenoxy) is 2. The number of nitrogens with zero attached hydrogens (tertiary/aromatic N) is 1. The molecule has 1 aliphatic heterocycles. The summed E-state index contributed by atoms with van der Waals surface area (Å²) in [5.74, 6) is 0.629. The maximum Gasteiger partial charge on any atom is 0.191 e. The van der Waals surface area contributed by atoms with Crippen LogP contribution in [0.15, 0.2) is 40.9 Å². The molecule has 0 amide bonds. The molecule has 0 aliphatic carbocycles. The van der Waals surface area contributed by atoms with Gasteiger partial charge in [-0.15, -0.1) is 0 Å². The van der Waals surface area contributed by atoms with Gasteiger partial charge in [0.1, 0.15) is 6.10 Å². The third kappa shape index (κ3) is 6.20. The van der Waals surface area contributed by atoms with Crippen molar-refractivity contribution in [3.63, 3.8) is 0 Å². The average molecular weight is 335 g/mol. The molecule has 0 spiro atoms. The summed E-state index contributed by atoms with van der Waals surface area (Å²) in [6.45, 7) is 4.76. The van der Waals surface area contributed by atoms with Crippen molar-refractivity contribution in [3.8, 4) is 5.75 Å². The van der Waals surface area contributed by atoms with Crippen LogP contribution in [0.25, 0.3) is 0 Å². The van der Waals surface area contributed by atoms with Crippen molar-refractivity contribution >= 4 is 5.96 Å². The second-order valence-electron chi connectivity index (χ2n) is 5.68. The zero-order valence-electron chi connectivity index (χ0n) is 14.3. The molecule has 1 unspecified atom stereocenters. The average Bonchev–Trinajstić information content (AvgIpc) is 2.61. The van der Waals surface area contributed by atoms with Gasteiger partial charge in [-0.2, -0.15) is 0 Å². The fraction of sp³-hybridized carbons (Fsp3) is 0.500. The maximum absolute atomic E-state index is 13.6. The molecule has 6 heteroatoms. The van der Waals surface area contributed by atoms with Crippen LogP contribution >= 0.6 is 0 Å². The predicted octanol–water partition coefficient (Wildman–Crippen LogP) is 2.49. The normalized spacial score (nSPS) is 16.3. The number of para-hydroxylation sites is 1. The van der Waals surface area contributed by atoms with Crippen LogP contribution in [0.3, 0.4) is 0 Å². The number of benzene rings is 1. The summed E-state index contributed by atoms with van der Waals surface area (Å²) in [6, 6.07) is 6.41. The number of guanidine groups is 1. The number of rotatable bonds is 7. The first-order valence-electron chi connectivity index (χ1n) is 8.30. The van der Waals surface area contributed by atoms with Gasteiger partial charge in [0.05, 0.1) is 19.8 Å². The number of aliphatic imine (C=N–C) groups is 1. The van der Waals surface area contributed by atoms with Crippen molar-refractivity contribution in [2.24, 2.45) is 4.99 Å². The van der Waals surface area contributed by atoms with E-state index in [1.807, 2.05) is 6.92 Å². The first kappa shape index (κ1) is 18.3. The van der Waals surface area contributed by atoms with Crippen LogP contribution in [0.1, 0.15) is 19.8 Å². The lowest BCUT2D eigenvalue weighted by molar-refractivity contribution is 0.153. The molecule has 24 heavy (non-hydrogen) atoms. The molecule has 0 aromatic heterocycles. The molecule has 1 aromatic rings. The standard InChI is InChI=1S/C18H26FN3O2/c1-14(24-17-6-4-3-5-16(17)19)13-22-18(20-2)21-10-7-15-8-11-23-12-9-15/h3-6,8,14H,7,9-13H2,1-2H3,(H2,20,21,22). The minimum absolute atomic E-state index is 0.182. The lowest BCUT2D eigenvalue weighted by Crippen LogP contribution is -2.42. The molecular formula is C18H26FN3O2. The fourth-order valence-electron chi connectivity index (χ4n) is 2.39. The molecule has 0 fully saturated rings. The molecule has 5 nitrogen and oxygen atoms in total. The minimum Gasteiger partial charge on any atom is -0.486 e. The molecule has 1 aliphatic rings. The number of hydrogen-bond donors (Lipinski definition) is 2. The summed E-state index contributed by atoms with van der Waals surface area (Å²) >= 11 is 0. The summed E-state index contributed by atoms with van der Waals surface area (Å²) in [4.78, 5) is 4.19. The Kier molecular flexibility index (Phi) is 7.55. The van der Waals surface area contributed by atoms with E-state index in [-0.39, 0.29) is 17.7 Å². The van der Waals surface area contributed by atoms with E-state index in [2.05, 4.69) is 21.7 Å². The van der Waals surface area contributed by atoms with Crippen LogP contribution in [0.4, 0.5) is 4.39 Å². The molecule has 2 N–H and O–H groups in total. The Morgan fingerprint density at radius 2 is 2.21 bits per heavy atom. The van der Waals surface area contributed by atoms with Gasteiger partial charge < -0.3 is 20.1 Å². The van der Waals surface area contributed by atoms with E-state index >= 15 is 0 Å². The second kappa shape index (κ2) is 9.93.